The minimum absolute atomic E-state index is 0. The van der Waals surface area contributed by atoms with Crippen LogP contribution in [0.4, 0.5) is 28.2 Å². The van der Waals surface area contributed by atoms with E-state index in [-0.39, 0.29) is 28.2 Å². The van der Waals surface area contributed by atoms with Crippen LogP contribution in [0.3, 0.4) is 0 Å². The maximum atomic E-state index is 2.74. The SMILES string of the molecule is F.F.F.F.F.F.Pc1cccc2ccccc12. The molecule has 0 spiro atoms. The highest BCUT2D eigenvalue weighted by Gasteiger charge is 1.92. The fraction of sp³-hybridized carbons (Fsp3) is 0. The van der Waals surface area contributed by atoms with Crippen molar-refractivity contribution in [1.29, 1.82) is 0 Å². The predicted octanol–water partition coefficient (Wildman–Crippen LogP) is 3.26. The van der Waals surface area contributed by atoms with Crippen molar-refractivity contribution in [2.45, 2.75) is 0 Å². The second-order valence-corrected chi connectivity index (χ2v) is 3.19. The third-order valence-corrected chi connectivity index (χ3v) is 2.33. The Balaban J connectivity index is -0.0000000800. The molecule has 1 unspecified atom stereocenters. The van der Waals surface area contributed by atoms with Crippen LogP contribution in [0.15, 0.2) is 42.5 Å². The molecule has 0 radical (unpaired) electrons. The summed E-state index contributed by atoms with van der Waals surface area (Å²) in [4.78, 5) is 0. The lowest BCUT2D eigenvalue weighted by Crippen LogP contribution is -1.90. The Morgan fingerprint density at radius 3 is 1.59 bits per heavy atom. The van der Waals surface area contributed by atoms with Gasteiger partial charge in [0.1, 0.15) is 0 Å². The van der Waals surface area contributed by atoms with Gasteiger partial charge in [-0.2, -0.15) is 0 Å². The van der Waals surface area contributed by atoms with E-state index < -0.39 is 0 Å². The smallest absolute Gasteiger partial charge is 0.0112 e. The molecule has 2 aromatic rings. The Labute approximate surface area is 96.8 Å². The first-order chi connectivity index (χ1) is 5.38. The molecule has 0 nitrogen and oxygen atoms in total. The van der Waals surface area contributed by atoms with Crippen LogP contribution < -0.4 is 5.30 Å². The molecular weight excluding hydrogens is 265 g/mol. The van der Waals surface area contributed by atoms with Gasteiger partial charge in [0.05, 0.1) is 0 Å². The van der Waals surface area contributed by atoms with Crippen LogP contribution >= 0.6 is 9.24 Å². The molecule has 1 atom stereocenters. The van der Waals surface area contributed by atoms with E-state index in [0.29, 0.717) is 0 Å². The zero-order valence-corrected chi connectivity index (χ0v) is 9.72. The topological polar surface area (TPSA) is 0 Å². The van der Waals surface area contributed by atoms with Crippen LogP contribution in [0.25, 0.3) is 10.8 Å². The van der Waals surface area contributed by atoms with E-state index in [0.717, 1.165) is 0 Å². The second-order valence-electron chi connectivity index (χ2n) is 2.57. The summed E-state index contributed by atoms with van der Waals surface area (Å²) in [6.45, 7) is 0. The van der Waals surface area contributed by atoms with Gasteiger partial charge in [-0.3, -0.25) is 28.2 Å². The van der Waals surface area contributed by atoms with Gasteiger partial charge >= 0.3 is 0 Å². The summed E-state index contributed by atoms with van der Waals surface area (Å²) < 4.78 is 0. The standard InChI is InChI=1S/C10H9P.6FH/c11-10-7-3-5-8-4-1-2-6-9(8)10;;;;;;/h1-7H,11H2;6*1H. The van der Waals surface area contributed by atoms with E-state index in [1.165, 1.54) is 16.1 Å². The van der Waals surface area contributed by atoms with E-state index in [1.54, 1.807) is 0 Å². The summed E-state index contributed by atoms with van der Waals surface area (Å²) in [6, 6.07) is 14.7. The van der Waals surface area contributed by atoms with Gasteiger partial charge in [-0.1, -0.05) is 42.5 Å². The summed E-state index contributed by atoms with van der Waals surface area (Å²) in [5, 5.41) is 3.89. The predicted molar refractivity (Wildman–Crippen MR) is 68.3 cm³/mol. The van der Waals surface area contributed by atoms with E-state index in [1.807, 2.05) is 0 Å². The zero-order valence-electron chi connectivity index (χ0n) is 8.57. The third-order valence-electron chi connectivity index (χ3n) is 1.82. The van der Waals surface area contributed by atoms with Crippen molar-refractivity contribution in [1.82, 2.24) is 0 Å². The Hall–Kier alpha value is -1.29. The highest BCUT2D eigenvalue weighted by atomic mass is 31.0. The van der Waals surface area contributed by atoms with Crippen LogP contribution in [-0.2, 0) is 0 Å². The Morgan fingerprint density at radius 1 is 0.588 bits per heavy atom. The molecule has 0 aliphatic carbocycles. The first kappa shape index (κ1) is 29.6. The maximum absolute atomic E-state index is 2.74. The molecular formula is C10H15F6P. The molecule has 0 heterocycles. The third kappa shape index (κ3) is 6.12. The van der Waals surface area contributed by atoms with Gasteiger partial charge in [0.2, 0.25) is 0 Å². The Bertz CT molecular complexity index is 390. The summed E-state index contributed by atoms with van der Waals surface area (Å²) in [5.74, 6) is 0. The molecule has 0 saturated carbocycles. The highest BCUT2D eigenvalue weighted by Crippen LogP contribution is 2.12. The van der Waals surface area contributed by atoms with Crippen molar-refractivity contribution < 1.29 is 28.2 Å². The van der Waals surface area contributed by atoms with Crippen molar-refractivity contribution >= 4 is 25.3 Å². The van der Waals surface area contributed by atoms with Crippen LogP contribution in [0, 0.1) is 0 Å². The van der Waals surface area contributed by atoms with Gasteiger partial charge in [-0.15, -0.1) is 9.24 Å². The van der Waals surface area contributed by atoms with Gasteiger partial charge in [0.25, 0.3) is 0 Å². The molecule has 7 heteroatoms. The summed E-state index contributed by atoms with van der Waals surface area (Å²) >= 11 is 0. The molecule has 0 aromatic heterocycles. The van der Waals surface area contributed by atoms with Crippen LogP contribution in [0.1, 0.15) is 0 Å². The molecule has 0 aliphatic rings. The van der Waals surface area contributed by atoms with E-state index in [9.17, 15) is 0 Å². The van der Waals surface area contributed by atoms with Gasteiger partial charge in [-0.25, -0.2) is 0 Å². The number of benzene rings is 2. The van der Waals surface area contributed by atoms with E-state index >= 15 is 0 Å². The number of rotatable bonds is 0. The van der Waals surface area contributed by atoms with Gasteiger partial charge in [0, 0.05) is 0 Å². The molecule has 0 aliphatic heterocycles. The molecule has 0 fully saturated rings. The lowest BCUT2D eigenvalue weighted by atomic mass is 10.1. The largest absolute Gasteiger partial charge is 0.269 e. The first-order valence-corrected chi connectivity index (χ1v) is 4.19. The molecule has 2 rings (SSSR count). The van der Waals surface area contributed by atoms with Crippen molar-refractivity contribution in [2.75, 3.05) is 0 Å². The number of halogens is 6. The lowest BCUT2D eigenvalue weighted by molar-refractivity contribution is 1.11. The normalized spacial score (nSPS) is 6.65. The molecule has 2 aromatic carbocycles. The molecule has 102 valence electrons. The minimum atomic E-state index is 0. The van der Waals surface area contributed by atoms with Crippen molar-refractivity contribution in [3.63, 3.8) is 0 Å². The first-order valence-electron chi connectivity index (χ1n) is 3.61. The van der Waals surface area contributed by atoms with Gasteiger partial charge < -0.3 is 0 Å². The molecule has 0 amide bonds. The number of hydrogen-bond acceptors (Lipinski definition) is 0. The van der Waals surface area contributed by atoms with Crippen molar-refractivity contribution in [2.24, 2.45) is 0 Å². The summed E-state index contributed by atoms with van der Waals surface area (Å²) in [5.41, 5.74) is 0. The summed E-state index contributed by atoms with van der Waals surface area (Å²) in [6.07, 6.45) is 0. The van der Waals surface area contributed by atoms with E-state index in [2.05, 4.69) is 51.7 Å². The quantitative estimate of drug-likeness (QED) is 0.513. The lowest BCUT2D eigenvalue weighted by Gasteiger charge is -1.98. The van der Waals surface area contributed by atoms with Crippen LogP contribution in [-0.4, -0.2) is 0 Å². The van der Waals surface area contributed by atoms with Gasteiger partial charge in [-0.05, 0) is 16.1 Å². The zero-order chi connectivity index (χ0) is 7.68. The Kier molecular flexibility index (Phi) is 22.3. The van der Waals surface area contributed by atoms with Crippen LogP contribution in [0.2, 0.25) is 0 Å². The average Bonchev–Trinajstić information content (AvgIpc) is 2.06. The van der Waals surface area contributed by atoms with E-state index in [4.69, 9.17) is 0 Å². The molecule has 0 N–H and O–H groups in total. The molecule has 17 heavy (non-hydrogen) atoms. The van der Waals surface area contributed by atoms with Gasteiger partial charge in [0.15, 0.2) is 0 Å². The fourth-order valence-electron chi connectivity index (χ4n) is 1.25. The summed E-state index contributed by atoms with van der Waals surface area (Å²) in [7, 11) is 2.74. The monoisotopic (exact) mass is 280 g/mol. The number of fused-ring (bicyclic) bond motifs is 1. The second kappa shape index (κ2) is 12.8. The van der Waals surface area contributed by atoms with Crippen molar-refractivity contribution in [3.05, 3.63) is 42.5 Å². The highest BCUT2D eigenvalue weighted by molar-refractivity contribution is 7.28. The van der Waals surface area contributed by atoms with Crippen molar-refractivity contribution in [3.8, 4) is 0 Å². The minimum Gasteiger partial charge on any atom is -0.269 e. The van der Waals surface area contributed by atoms with Crippen LogP contribution in [0.5, 0.6) is 0 Å². The fourth-order valence-corrected chi connectivity index (χ4v) is 1.62. The maximum Gasteiger partial charge on any atom is -0.0112 e. The molecule has 0 bridgehead atoms. The molecule has 0 saturated heterocycles. The Morgan fingerprint density at radius 2 is 1.06 bits per heavy atom. The number of hydrogen-bond donors (Lipinski definition) is 0. The average molecular weight is 280 g/mol.